The lowest BCUT2D eigenvalue weighted by molar-refractivity contribution is -0.125. The molecule has 1 aromatic rings. The number of rotatable bonds is 6. The second kappa shape index (κ2) is 7.89. The molecule has 2 rings (SSSR count). The van der Waals surface area contributed by atoms with E-state index < -0.39 is 0 Å². The van der Waals surface area contributed by atoms with Crippen molar-refractivity contribution in [1.82, 2.24) is 10.4 Å². The molecule has 6 heteroatoms. The van der Waals surface area contributed by atoms with Crippen LogP contribution in [-0.2, 0) is 11.2 Å². The first-order chi connectivity index (χ1) is 10.7. The number of methoxy groups -OCH3 is 3. The van der Waals surface area contributed by atoms with Crippen LogP contribution in [0, 0.1) is 0 Å². The molecular formula is C16H24N2O4. The lowest BCUT2D eigenvalue weighted by Gasteiger charge is -2.27. The second-order valence-corrected chi connectivity index (χ2v) is 5.25. The predicted molar refractivity (Wildman–Crippen MR) is 83.4 cm³/mol. The maximum absolute atomic E-state index is 12.2. The van der Waals surface area contributed by atoms with Gasteiger partial charge in [-0.05, 0) is 18.9 Å². The Kier molecular flexibility index (Phi) is 5.89. The summed E-state index contributed by atoms with van der Waals surface area (Å²) in [5, 5.41) is 1.99. The van der Waals surface area contributed by atoms with Gasteiger partial charge >= 0.3 is 0 Å². The molecule has 1 N–H and O–H groups in total. The fourth-order valence-corrected chi connectivity index (χ4v) is 2.70. The number of ether oxygens (including phenoxy) is 3. The number of hydrogen-bond donors (Lipinski definition) is 1. The van der Waals surface area contributed by atoms with Gasteiger partial charge in [0, 0.05) is 18.7 Å². The van der Waals surface area contributed by atoms with Crippen molar-refractivity contribution < 1.29 is 19.0 Å². The summed E-state index contributed by atoms with van der Waals surface area (Å²) in [5.41, 5.74) is 3.72. The topological polar surface area (TPSA) is 60.0 Å². The Morgan fingerprint density at radius 2 is 1.73 bits per heavy atom. The summed E-state index contributed by atoms with van der Waals surface area (Å²) in [4.78, 5) is 12.2. The summed E-state index contributed by atoms with van der Waals surface area (Å²) in [6.45, 7) is 1.82. The normalized spacial score (nSPS) is 15.2. The molecule has 0 aromatic heterocycles. The van der Waals surface area contributed by atoms with Crippen LogP contribution in [0.2, 0.25) is 0 Å². The van der Waals surface area contributed by atoms with Gasteiger partial charge in [-0.15, -0.1) is 0 Å². The van der Waals surface area contributed by atoms with E-state index in [0.29, 0.717) is 17.2 Å². The second-order valence-electron chi connectivity index (χ2n) is 5.25. The Labute approximate surface area is 131 Å². The van der Waals surface area contributed by atoms with Gasteiger partial charge in [-0.1, -0.05) is 12.5 Å². The van der Waals surface area contributed by atoms with Gasteiger partial charge in [0.2, 0.25) is 11.7 Å². The van der Waals surface area contributed by atoms with Crippen molar-refractivity contribution >= 4 is 5.91 Å². The fraction of sp³-hybridized carbons (Fsp3) is 0.562. The highest BCUT2D eigenvalue weighted by molar-refractivity contribution is 5.79. The smallest absolute Gasteiger partial charge is 0.238 e. The molecule has 0 atom stereocenters. The summed E-state index contributed by atoms with van der Waals surface area (Å²) in [5.74, 6) is 1.58. The highest BCUT2D eigenvalue weighted by Gasteiger charge is 2.19. The van der Waals surface area contributed by atoms with E-state index in [2.05, 4.69) is 5.43 Å². The molecule has 0 aliphatic carbocycles. The van der Waals surface area contributed by atoms with Crippen molar-refractivity contribution in [2.75, 3.05) is 34.4 Å². The Morgan fingerprint density at radius 3 is 2.32 bits per heavy atom. The molecule has 0 unspecified atom stereocenters. The Hall–Kier alpha value is -1.95. The van der Waals surface area contributed by atoms with E-state index in [9.17, 15) is 4.79 Å². The van der Waals surface area contributed by atoms with Gasteiger partial charge in [-0.25, -0.2) is 5.01 Å². The molecule has 1 heterocycles. The van der Waals surface area contributed by atoms with Crippen LogP contribution in [0.3, 0.4) is 0 Å². The number of piperidine rings is 1. The lowest BCUT2D eigenvalue weighted by Crippen LogP contribution is -2.45. The first-order valence-electron chi connectivity index (χ1n) is 7.52. The molecule has 0 radical (unpaired) electrons. The number of hydrogen-bond acceptors (Lipinski definition) is 5. The van der Waals surface area contributed by atoms with E-state index in [4.69, 9.17) is 14.2 Å². The van der Waals surface area contributed by atoms with E-state index in [0.717, 1.165) is 31.5 Å². The largest absolute Gasteiger partial charge is 0.493 e. The lowest BCUT2D eigenvalue weighted by atomic mass is 10.1. The number of benzene rings is 1. The molecule has 1 saturated heterocycles. The van der Waals surface area contributed by atoms with Gasteiger partial charge in [-0.2, -0.15) is 0 Å². The minimum Gasteiger partial charge on any atom is -0.493 e. The zero-order chi connectivity index (χ0) is 15.9. The predicted octanol–water partition coefficient (Wildman–Crippen LogP) is 1.77. The van der Waals surface area contributed by atoms with Gasteiger partial charge in [-0.3, -0.25) is 10.2 Å². The number of carbonyl (C=O) groups excluding carboxylic acids is 1. The van der Waals surface area contributed by atoms with Gasteiger partial charge in [0.25, 0.3) is 0 Å². The maximum atomic E-state index is 12.2. The van der Waals surface area contributed by atoms with Crippen LogP contribution in [0.1, 0.15) is 24.8 Å². The molecule has 0 spiro atoms. The minimum absolute atomic E-state index is 0.0487. The zero-order valence-electron chi connectivity index (χ0n) is 13.5. The summed E-state index contributed by atoms with van der Waals surface area (Å²) in [7, 11) is 4.68. The first-order valence-corrected chi connectivity index (χ1v) is 7.52. The van der Waals surface area contributed by atoms with Crippen molar-refractivity contribution in [3.63, 3.8) is 0 Å². The summed E-state index contributed by atoms with van der Waals surface area (Å²) in [6, 6.07) is 3.61. The van der Waals surface area contributed by atoms with Crippen molar-refractivity contribution in [3.05, 3.63) is 17.7 Å². The van der Waals surface area contributed by atoms with Crippen LogP contribution >= 0.6 is 0 Å². The Balaban J connectivity index is 2.09. The van der Waals surface area contributed by atoms with E-state index in [-0.39, 0.29) is 12.3 Å². The van der Waals surface area contributed by atoms with Crippen LogP contribution in [0.5, 0.6) is 17.2 Å². The van der Waals surface area contributed by atoms with Gasteiger partial charge < -0.3 is 14.2 Å². The van der Waals surface area contributed by atoms with Crippen LogP contribution in [0.25, 0.3) is 0 Å². The van der Waals surface area contributed by atoms with Gasteiger partial charge in [0.1, 0.15) is 0 Å². The molecule has 0 bridgehead atoms. The Bertz CT molecular complexity index is 513. The SMILES string of the molecule is COc1ccc(CC(=O)NN2CCCCC2)c(OC)c1OC. The minimum atomic E-state index is -0.0487. The van der Waals surface area contributed by atoms with E-state index in [1.54, 1.807) is 27.4 Å². The molecule has 22 heavy (non-hydrogen) atoms. The molecule has 122 valence electrons. The first kappa shape index (κ1) is 16.4. The Morgan fingerprint density at radius 1 is 1.05 bits per heavy atom. The molecule has 1 amide bonds. The maximum Gasteiger partial charge on any atom is 0.238 e. The zero-order valence-corrected chi connectivity index (χ0v) is 13.5. The summed E-state index contributed by atoms with van der Waals surface area (Å²) in [6.07, 6.45) is 3.72. The number of nitrogens with zero attached hydrogens (tertiary/aromatic N) is 1. The average molecular weight is 308 g/mol. The monoisotopic (exact) mass is 308 g/mol. The van der Waals surface area contributed by atoms with Crippen molar-refractivity contribution in [3.8, 4) is 17.2 Å². The third kappa shape index (κ3) is 3.82. The van der Waals surface area contributed by atoms with Crippen LogP contribution in [-0.4, -0.2) is 45.3 Å². The van der Waals surface area contributed by atoms with Gasteiger partial charge in [0.05, 0.1) is 27.8 Å². The quantitative estimate of drug-likeness (QED) is 0.868. The summed E-state index contributed by atoms with van der Waals surface area (Å²) >= 11 is 0. The molecule has 1 aliphatic heterocycles. The number of nitrogens with one attached hydrogen (secondary N) is 1. The van der Waals surface area contributed by atoms with Crippen molar-refractivity contribution in [2.24, 2.45) is 0 Å². The number of carbonyl (C=O) groups is 1. The number of amides is 1. The number of hydrazine groups is 1. The molecule has 6 nitrogen and oxygen atoms in total. The highest BCUT2D eigenvalue weighted by atomic mass is 16.5. The third-order valence-electron chi connectivity index (χ3n) is 3.78. The third-order valence-corrected chi connectivity index (χ3v) is 3.78. The average Bonchev–Trinajstić information content (AvgIpc) is 2.55. The van der Waals surface area contributed by atoms with Gasteiger partial charge in [0.15, 0.2) is 11.5 Å². The molecule has 0 saturated carbocycles. The molecular weight excluding hydrogens is 284 g/mol. The molecule has 1 aromatic carbocycles. The summed E-state index contributed by atoms with van der Waals surface area (Å²) < 4.78 is 16.0. The van der Waals surface area contributed by atoms with Crippen LogP contribution in [0.4, 0.5) is 0 Å². The van der Waals surface area contributed by atoms with Crippen molar-refractivity contribution in [2.45, 2.75) is 25.7 Å². The van der Waals surface area contributed by atoms with E-state index in [1.807, 2.05) is 11.1 Å². The highest BCUT2D eigenvalue weighted by Crippen LogP contribution is 2.39. The standard InChI is InChI=1S/C16H24N2O4/c1-20-13-8-7-12(15(21-2)16(13)22-3)11-14(19)17-18-9-5-4-6-10-18/h7-8H,4-6,9-11H2,1-3H3,(H,17,19). The fourth-order valence-electron chi connectivity index (χ4n) is 2.70. The molecule has 1 aliphatic rings. The van der Waals surface area contributed by atoms with Crippen molar-refractivity contribution in [1.29, 1.82) is 0 Å². The van der Waals surface area contributed by atoms with Crippen LogP contribution < -0.4 is 19.6 Å². The molecule has 1 fully saturated rings. The van der Waals surface area contributed by atoms with Crippen LogP contribution in [0.15, 0.2) is 12.1 Å². The van der Waals surface area contributed by atoms with E-state index in [1.165, 1.54) is 6.42 Å². The van der Waals surface area contributed by atoms with E-state index >= 15 is 0 Å².